The minimum absolute atomic E-state index is 0.0479. The standard InChI is InChI=1S/C17H15ClN2O3/c1-2-9-19-17(22)15(11-12-6-5-10-23-12)20-16(21)13-7-3-4-8-14(13)18/h2-8,10-11H,1,9H2,(H,19,22)(H,20,21)/b15-11-. The molecule has 0 spiro atoms. The summed E-state index contributed by atoms with van der Waals surface area (Å²) in [5.74, 6) is -0.503. The molecule has 0 atom stereocenters. The quantitative estimate of drug-likeness (QED) is 0.631. The molecule has 0 fully saturated rings. The van der Waals surface area contributed by atoms with Crippen LogP contribution in [0.25, 0.3) is 6.08 Å². The third-order valence-electron chi connectivity index (χ3n) is 2.85. The summed E-state index contributed by atoms with van der Waals surface area (Å²) < 4.78 is 5.18. The number of furan rings is 1. The Labute approximate surface area is 138 Å². The molecule has 1 aromatic heterocycles. The van der Waals surface area contributed by atoms with E-state index < -0.39 is 11.8 Å². The van der Waals surface area contributed by atoms with Crippen molar-refractivity contribution in [2.75, 3.05) is 6.54 Å². The van der Waals surface area contributed by atoms with E-state index in [1.54, 1.807) is 36.4 Å². The normalized spacial score (nSPS) is 10.9. The molecule has 0 unspecified atom stereocenters. The van der Waals surface area contributed by atoms with Gasteiger partial charge in [0.1, 0.15) is 11.5 Å². The number of hydrogen-bond acceptors (Lipinski definition) is 3. The fourth-order valence-corrected chi connectivity index (χ4v) is 1.99. The lowest BCUT2D eigenvalue weighted by Gasteiger charge is -2.10. The molecule has 1 aromatic carbocycles. The monoisotopic (exact) mass is 330 g/mol. The Hall–Kier alpha value is -2.79. The highest BCUT2D eigenvalue weighted by atomic mass is 35.5. The Morgan fingerprint density at radius 2 is 2.00 bits per heavy atom. The maximum absolute atomic E-state index is 12.3. The SMILES string of the molecule is C=CCNC(=O)/C(=C/c1ccco1)NC(=O)c1ccccc1Cl. The molecule has 5 nitrogen and oxygen atoms in total. The van der Waals surface area contributed by atoms with Crippen LogP contribution in [0.15, 0.2) is 65.4 Å². The van der Waals surface area contributed by atoms with Gasteiger partial charge in [0.2, 0.25) is 0 Å². The summed E-state index contributed by atoms with van der Waals surface area (Å²) in [6, 6.07) is 9.93. The topological polar surface area (TPSA) is 71.3 Å². The molecule has 0 aliphatic heterocycles. The maximum Gasteiger partial charge on any atom is 0.268 e. The van der Waals surface area contributed by atoms with E-state index in [1.807, 2.05) is 0 Å². The fourth-order valence-electron chi connectivity index (χ4n) is 1.77. The summed E-state index contributed by atoms with van der Waals surface area (Å²) in [4.78, 5) is 24.5. The Balaban J connectivity index is 2.24. The molecule has 0 saturated heterocycles. The molecule has 0 aliphatic carbocycles. The first-order valence-electron chi connectivity index (χ1n) is 6.82. The van der Waals surface area contributed by atoms with Crippen LogP contribution in [0.4, 0.5) is 0 Å². The average Bonchev–Trinajstić information content (AvgIpc) is 3.05. The average molecular weight is 331 g/mol. The molecule has 6 heteroatoms. The van der Waals surface area contributed by atoms with E-state index in [1.165, 1.54) is 18.4 Å². The molecule has 0 radical (unpaired) electrons. The van der Waals surface area contributed by atoms with Gasteiger partial charge in [-0.1, -0.05) is 29.8 Å². The van der Waals surface area contributed by atoms with Crippen molar-refractivity contribution < 1.29 is 14.0 Å². The molecule has 2 N–H and O–H groups in total. The number of hydrogen-bond donors (Lipinski definition) is 2. The van der Waals surface area contributed by atoms with Gasteiger partial charge >= 0.3 is 0 Å². The minimum Gasteiger partial charge on any atom is -0.465 e. The largest absolute Gasteiger partial charge is 0.465 e. The highest BCUT2D eigenvalue weighted by Crippen LogP contribution is 2.15. The van der Waals surface area contributed by atoms with Crippen molar-refractivity contribution in [3.05, 3.63) is 77.4 Å². The molecular formula is C17H15ClN2O3. The summed E-state index contributed by atoms with van der Waals surface area (Å²) in [5, 5.41) is 5.45. The van der Waals surface area contributed by atoms with E-state index in [0.29, 0.717) is 10.8 Å². The van der Waals surface area contributed by atoms with Gasteiger partial charge in [-0.05, 0) is 24.3 Å². The molecule has 1 heterocycles. The van der Waals surface area contributed by atoms with Crippen LogP contribution >= 0.6 is 11.6 Å². The number of amides is 2. The smallest absolute Gasteiger partial charge is 0.268 e. The zero-order valence-electron chi connectivity index (χ0n) is 12.2. The number of halogens is 1. The first-order chi connectivity index (χ1) is 11.1. The number of nitrogens with one attached hydrogen (secondary N) is 2. The van der Waals surface area contributed by atoms with E-state index in [0.717, 1.165) is 0 Å². The molecule has 0 aliphatic rings. The Kier molecular flexibility index (Phi) is 5.77. The van der Waals surface area contributed by atoms with Crippen molar-refractivity contribution in [3.63, 3.8) is 0 Å². The number of carbonyl (C=O) groups is 2. The maximum atomic E-state index is 12.3. The van der Waals surface area contributed by atoms with E-state index in [4.69, 9.17) is 16.0 Å². The van der Waals surface area contributed by atoms with Gasteiger partial charge in [-0.3, -0.25) is 9.59 Å². The van der Waals surface area contributed by atoms with Crippen LogP contribution in [0.2, 0.25) is 5.02 Å². The predicted octanol–water partition coefficient (Wildman–Crippen LogP) is 3.01. The first kappa shape index (κ1) is 16.6. The molecular weight excluding hydrogens is 316 g/mol. The van der Waals surface area contributed by atoms with Gasteiger partial charge in [0.25, 0.3) is 11.8 Å². The second kappa shape index (κ2) is 8.00. The number of benzene rings is 1. The third kappa shape index (κ3) is 4.59. The first-order valence-corrected chi connectivity index (χ1v) is 7.20. The molecule has 0 bridgehead atoms. The van der Waals surface area contributed by atoms with E-state index >= 15 is 0 Å². The minimum atomic E-state index is -0.484. The molecule has 2 rings (SSSR count). The van der Waals surface area contributed by atoms with E-state index in [9.17, 15) is 9.59 Å². The third-order valence-corrected chi connectivity index (χ3v) is 3.18. The van der Waals surface area contributed by atoms with Crippen molar-refractivity contribution in [2.24, 2.45) is 0 Å². The van der Waals surface area contributed by atoms with Gasteiger partial charge in [-0.25, -0.2) is 0 Å². The highest BCUT2D eigenvalue weighted by Gasteiger charge is 2.16. The van der Waals surface area contributed by atoms with E-state index in [-0.39, 0.29) is 17.8 Å². The second-order valence-corrected chi connectivity index (χ2v) is 4.91. The molecule has 2 aromatic rings. The van der Waals surface area contributed by atoms with Crippen LogP contribution in [0.3, 0.4) is 0 Å². The van der Waals surface area contributed by atoms with Crippen LogP contribution in [-0.4, -0.2) is 18.4 Å². The zero-order valence-corrected chi connectivity index (χ0v) is 13.0. The van der Waals surface area contributed by atoms with Crippen LogP contribution in [-0.2, 0) is 4.79 Å². The van der Waals surface area contributed by atoms with Gasteiger partial charge in [0, 0.05) is 12.6 Å². The van der Waals surface area contributed by atoms with Gasteiger partial charge in [0.15, 0.2) is 0 Å². The Bertz CT molecular complexity index is 736. The zero-order chi connectivity index (χ0) is 16.7. The van der Waals surface area contributed by atoms with Crippen molar-refractivity contribution in [2.45, 2.75) is 0 Å². The predicted molar refractivity (Wildman–Crippen MR) is 88.8 cm³/mol. The summed E-state index contributed by atoms with van der Waals surface area (Å²) in [6.07, 6.45) is 4.45. The van der Waals surface area contributed by atoms with Crippen LogP contribution in [0, 0.1) is 0 Å². The lowest BCUT2D eigenvalue weighted by molar-refractivity contribution is -0.117. The number of carbonyl (C=O) groups excluding carboxylic acids is 2. The summed E-state index contributed by atoms with van der Waals surface area (Å²) in [7, 11) is 0. The summed E-state index contributed by atoms with van der Waals surface area (Å²) >= 11 is 6.00. The number of rotatable bonds is 6. The van der Waals surface area contributed by atoms with Gasteiger partial charge in [-0.2, -0.15) is 0 Å². The van der Waals surface area contributed by atoms with Crippen LogP contribution < -0.4 is 10.6 Å². The van der Waals surface area contributed by atoms with E-state index in [2.05, 4.69) is 17.2 Å². The second-order valence-electron chi connectivity index (χ2n) is 4.51. The van der Waals surface area contributed by atoms with Crippen LogP contribution in [0.5, 0.6) is 0 Å². The van der Waals surface area contributed by atoms with Crippen molar-refractivity contribution in [3.8, 4) is 0 Å². The lowest BCUT2D eigenvalue weighted by atomic mass is 10.2. The Morgan fingerprint density at radius 3 is 2.65 bits per heavy atom. The fraction of sp³-hybridized carbons (Fsp3) is 0.0588. The summed E-state index contributed by atoms with van der Waals surface area (Å²) in [6.45, 7) is 3.80. The molecule has 2 amide bonds. The lowest BCUT2D eigenvalue weighted by Crippen LogP contribution is -2.35. The van der Waals surface area contributed by atoms with Gasteiger partial charge < -0.3 is 15.1 Å². The highest BCUT2D eigenvalue weighted by molar-refractivity contribution is 6.34. The molecule has 118 valence electrons. The van der Waals surface area contributed by atoms with Crippen LogP contribution in [0.1, 0.15) is 16.1 Å². The van der Waals surface area contributed by atoms with Gasteiger partial charge in [0.05, 0.1) is 16.8 Å². The van der Waals surface area contributed by atoms with Crippen molar-refractivity contribution in [1.82, 2.24) is 10.6 Å². The molecule has 23 heavy (non-hydrogen) atoms. The van der Waals surface area contributed by atoms with Crippen molar-refractivity contribution in [1.29, 1.82) is 0 Å². The van der Waals surface area contributed by atoms with Crippen molar-refractivity contribution >= 4 is 29.5 Å². The summed E-state index contributed by atoms with van der Waals surface area (Å²) in [5.41, 5.74) is 0.322. The molecule has 0 saturated carbocycles. The Morgan fingerprint density at radius 1 is 1.22 bits per heavy atom. The van der Waals surface area contributed by atoms with Gasteiger partial charge in [-0.15, -0.1) is 6.58 Å².